The Hall–Kier alpha value is -3.13. The number of carbonyl (C=O) groups is 1. The van der Waals surface area contributed by atoms with Gasteiger partial charge >= 0.3 is 6.18 Å². The van der Waals surface area contributed by atoms with Crippen molar-refractivity contribution < 1.29 is 22.4 Å². The molecule has 0 saturated carbocycles. The first-order valence-corrected chi connectivity index (χ1v) is 7.93. The van der Waals surface area contributed by atoms with Gasteiger partial charge in [0.05, 0.1) is 22.4 Å². The number of rotatable bonds is 4. The summed E-state index contributed by atoms with van der Waals surface area (Å²) in [7, 11) is 0. The van der Waals surface area contributed by atoms with Gasteiger partial charge in [-0.25, -0.2) is 5.43 Å². The van der Waals surface area contributed by atoms with Crippen LogP contribution in [0.15, 0.2) is 64.4 Å². The zero-order valence-electron chi connectivity index (χ0n) is 13.5. The first-order valence-electron chi connectivity index (χ1n) is 7.55. The molecule has 0 atom stereocenters. The summed E-state index contributed by atoms with van der Waals surface area (Å²) < 4.78 is 44.3. The van der Waals surface area contributed by atoms with Crippen LogP contribution < -0.4 is 5.43 Å². The van der Waals surface area contributed by atoms with Crippen molar-refractivity contribution >= 4 is 23.7 Å². The van der Waals surface area contributed by atoms with Gasteiger partial charge in [-0.15, -0.1) is 0 Å². The summed E-state index contributed by atoms with van der Waals surface area (Å²) in [6, 6.07) is 9.67. The normalized spacial score (nSPS) is 11.7. The predicted octanol–water partition coefficient (Wildman–Crippen LogP) is 4.78. The number of nitrogens with zero attached hydrogens (tertiary/aromatic N) is 2. The Balaban J connectivity index is 1.73. The number of alkyl halides is 3. The van der Waals surface area contributed by atoms with E-state index in [1.54, 1.807) is 12.1 Å². The summed E-state index contributed by atoms with van der Waals surface area (Å²) in [5.74, 6) is -0.00384. The Morgan fingerprint density at radius 2 is 2.04 bits per heavy atom. The SMILES string of the molecule is O=C(N/N=C\c1ccc(-c2ccc(Cl)c(C(F)(F)F)c2)o1)c1cccnc1. The van der Waals surface area contributed by atoms with Crippen LogP contribution in [0.2, 0.25) is 5.02 Å². The summed E-state index contributed by atoms with van der Waals surface area (Å²) in [6.45, 7) is 0. The van der Waals surface area contributed by atoms with E-state index in [9.17, 15) is 18.0 Å². The second-order valence-corrected chi connectivity index (χ2v) is 5.74. The number of hydrazone groups is 1. The van der Waals surface area contributed by atoms with E-state index in [-0.39, 0.29) is 17.1 Å². The third-order valence-electron chi connectivity index (χ3n) is 3.46. The third-order valence-corrected chi connectivity index (χ3v) is 3.79. The highest BCUT2D eigenvalue weighted by molar-refractivity contribution is 6.31. The van der Waals surface area contributed by atoms with Crippen LogP contribution in [0.4, 0.5) is 13.2 Å². The molecule has 0 bridgehead atoms. The van der Waals surface area contributed by atoms with Crippen LogP contribution in [-0.4, -0.2) is 17.1 Å². The van der Waals surface area contributed by atoms with Gasteiger partial charge in [-0.3, -0.25) is 9.78 Å². The fourth-order valence-corrected chi connectivity index (χ4v) is 2.41. The van der Waals surface area contributed by atoms with E-state index in [1.807, 2.05) is 0 Å². The molecule has 1 amide bonds. The van der Waals surface area contributed by atoms with Gasteiger partial charge in [0.15, 0.2) is 0 Å². The van der Waals surface area contributed by atoms with Crippen molar-refractivity contribution in [3.63, 3.8) is 0 Å². The van der Waals surface area contributed by atoms with Crippen LogP contribution in [0.25, 0.3) is 11.3 Å². The molecule has 138 valence electrons. The fourth-order valence-electron chi connectivity index (χ4n) is 2.19. The van der Waals surface area contributed by atoms with Gasteiger partial charge in [0.25, 0.3) is 5.91 Å². The standard InChI is InChI=1S/C18H11ClF3N3O2/c19-15-5-3-11(8-14(15)18(20,21)22)16-6-4-13(27-16)10-24-25-17(26)12-2-1-7-23-9-12/h1-10H,(H,25,26)/b24-10-. The van der Waals surface area contributed by atoms with Crippen LogP contribution in [-0.2, 0) is 6.18 Å². The minimum Gasteiger partial charge on any atom is -0.455 e. The van der Waals surface area contributed by atoms with Gasteiger partial charge in [-0.05, 0) is 42.5 Å². The van der Waals surface area contributed by atoms with Gasteiger partial charge < -0.3 is 4.42 Å². The number of pyridine rings is 1. The number of halogens is 4. The molecule has 0 spiro atoms. The van der Waals surface area contributed by atoms with Gasteiger partial charge in [0.2, 0.25) is 0 Å². The average Bonchev–Trinajstić information content (AvgIpc) is 3.10. The van der Waals surface area contributed by atoms with Crippen molar-refractivity contribution in [3.8, 4) is 11.3 Å². The van der Waals surface area contributed by atoms with E-state index < -0.39 is 22.7 Å². The molecule has 9 heteroatoms. The van der Waals surface area contributed by atoms with Gasteiger partial charge in [-0.2, -0.15) is 18.3 Å². The number of benzene rings is 1. The van der Waals surface area contributed by atoms with Crippen molar-refractivity contribution in [1.82, 2.24) is 10.4 Å². The molecule has 2 heterocycles. The molecule has 27 heavy (non-hydrogen) atoms. The smallest absolute Gasteiger partial charge is 0.417 e. The molecule has 0 aliphatic heterocycles. The largest absolute Gasteiger partial charge is 0.455 e. The van der Waals surface area contributed by atoms with E-state index in [1.165, 1.54) is 36.8 Å². The maximum absolute atomic E-state index is 13.0. The van der Waals surface area contributed by atoms with Gasteiger partial charge in [-0.1, -0.05) is 11.6 Å². The second-order valence-electron chi connectivity index (χ2n) is 5.34. The Morgan fingerprint density at radius 1 is 1.22 bits per heavy atom. The van der Waals surface area contributed by atoms with Crippen molar-refractivity contribution in [1.29, 1.82) is 0 Å². The lowest BCUT2D eigenvalue weighted by molar-refractivity contribution is -0.137. The number of hydrogen-bond acceptors (Lipinski definition) is 4. The minimum atomic E-state index is -4.57. The number of amides is 1. The highest BCUT2D eigenvalue weighted by Gasteiger charge is 2.33. The summed E-state index contributed by atoms with van der Waals surface area (Å²) in [5.41, 5.74) is 1.89. The molecule has 3 aromatic rings. The number of carbonyl (C=O) groups excluding carboxylic acids is 1. The van der Waals surface area contributed by atoms with Crippen LogP contribution in [0.5, 0.6) is 0 Å². The third kappa shape index (κ3) is 4.53. The summed E-state index contributed by atoms with van der Waals surface area (Å²) in [4.78, 5) is 15.6. The molecule has 0 saturated heterocycles. The van der Waals surface area contributed by atoms with E-state index in [0.29, 0.717) is 5.56 Å². The fraction of sp³-hybridized carbons (Fsp3) is 0.0556. The molecular formula is C18H11ClF3N3O2. The van der Waals surface area contributed by atoms with Crippen molar-refractivity contribution in [2.75, 3.05) is 0 Å². The Kier molecular flexibility index (Phi) is 5.27. The van der Waals surface area contributed by atoms with Crippen molar-refractivity contribution in [2.24, 2.45) is 5.10 Å². The van der Waals surface area contributed by atoms with E-state index in [4.69, 9.17) is 16.0 Å². The van der Waals surface area contributed by atoms with Crippen LogP contribution >= 0.6 is 11.6 Å². The Bertz CT molecular complexity index is 985. The topological polar surface area (TPSA) is 67.5 Å². The predicted molar refractivity (Wildman–Crippen MR) is 93.5 cm³/mol. The number of furan rings is 1. The number of hydrogen-bond donors (Lipinski definition) is 1. The first-order chi connectivity index (χ1) is 12.8. The molecule has 2 aromatic heterocycles. The molecule has 0 unspecified atom stereocenters. The molecule has 0 fully saturated rings. The molecule has 1 aromatic carbocycles. The molecule has 0 radical (unpaired) electrons. The van der Waals surface area contributed by atoms with Crippen LogP contribution in [0.3, 0.4) is 0 Å². The lowest BCUT2D eigenvalue weighted by atomic mass is 10.1. The lowest BCUT2D eigenvalue weighted by Gasteiger charge is -2.09. The molecule has 3 rings (SSSR count). The maximum atomic E-state index is 13.0. The number of nitrogens with one attached hydrogen (secondary N) is 1. The zero-order valence-corrected chi connectivity index (χ0v) is 14.3. The lowest BCUT2D eigenvalue weighted by Crippen LogP contribution is -2.17. The van der Waals surface area contributed by atoms with Crippen molar-refractivity contribution in [3.05, 3.63) is 76.8 Å². The second kappa shape index (κ2) is 7.63. The van der Waals surface area contributed by atoms with Crippen LogP contribution in [0, 0.1) is 0 Å². The molecular weight excluding hydrogens is 383 g/mol. The maximum Gasteiger partial charge on any atom is 0.417 e. The minimum absolute atomic E-state index is 0.206. The summed E-state index contributed by atoms with van der Waals surface area (Å²) in [5, 5.41) is 3.36. The average molecular weight is 394 g/mol. The Morgan fingerprint density at radius 3 is 2.74 bits per heavy atom. The molecule has 0 aliphatic rings. The molecule has 1 N–H and O–H groups in total. The van der Waals surface area contributed by atoms with Crippen molar-refractivity contribution in [2.45, 2.75) is 6.18 Å². The van der Waals surface area contributed by atoms with E-state index in [2.05, 4.69) is 15.5 Å². The molecule has 5 nitrogen and oxygen atoms in total. The highest BCUT2D eigenvalue weighted by Crippen LogP contribution is 2.37. The number of aromatic nitrogens is 1. The van der Waals surface area contributed by atoms with Gasteiger partial charge in [0, 0.05) is 18.0 Å². The first kappa shape index (κ1) is 18.7. The van der Waals surface area contributed by atoms with E-state index in [0.717, 1.165) is 12.1 Å². The summed E-state index contributed by atoms with van der Waals surface area (Å²) >= 11 is 5.61. The Labute approximate surface area is 156 Å². The monoisotopic (exact) mass is 393 g/mol. The van der Waals surface area contributed by atoms with Gasteiger partial charge in [0.1, 0.15) is 11.5 Å². The molecule has 0 aliphatic carbocycles. The van der Waals surface area contributed by atoms with Crippen LogP contribution in [0.1, 0.15) is 21.7 Å². The highest BCUT2D eigenvalue weighted by atomic mass is 35.5. The summed E-state index contributed by atoms with van der Waals surface area (Å²) in [6.07, 6.45) is -0.418. The quantitative estimate of drug-likeness (QED) is 0.512. The zero-order chi connectivity index (χ0) is 19.4. The van der Waals surface area contributed by atoms with E-state index >= 15 is 0 Å².